The number of benzene rings is 1. The van der Waals surface area contributed by atoms with Gasteiger partial charge in [-0.25, -0.2) is 0 Å². The highest BCUT2D eigenvalue weighted by molar-refractivity contribution is 9.11. The Morgan fingerprint density at radius 3 is 2.29 bits per heavy atom. The first-order valence-corrected chi connectivity index (χ1v) is 6.33. The van der Waals surface area contributed by atoms with E-state index in [9.17, 15) is 13.2 Å². The van der Waals surface area contributed by atoms with Crippen LogP contribution >= 0.6 is 31.9 Å². The minimum Gasteiger partial charge on any atom is -0.490 e. The molecule has 0 bridgehead atoms. The molecular formula is C10H10Br2F3NO. The van der Waals surface area contributed by atoms with Gasteiger partial charge < -0.3 is 10.1 Å². The molecule has 7 heteroatoms. The molecule has 0 aromatic heterocycles. The zero-order valence-electron chi connectivity index (χ0n) is 8.65. The topological polar surface area (TPSA) is 21.3 Å². The molecule has 0 heterocycles. The number of rotatable bonds is 5. The summed E-state index contributed by atoms with van der Waals surface area (Å²) in [5, 5.41) is 2.25. The zero-order valence-corrected chi connectivity index (χ0v) is 11.8. The molecule has 0 unspecified atom stereocenters. The number of para-hydroxylation sites is 1. The number of hydrogen-bond donors (Lipinski definition) is 1. The molecule has 0 aliphatic heterocycles. The van der Waals surface area contributed by atoms with Crippen molar-refractivity contribution in [2.75, 3.05) is 19.7 Å². The van der Waals surface area contributed by atoms with Crippen LogP contribution in [0, 0.1) is 0 Å². The van der Waals surface area contributed by atoms with Crippen LogP contribution in [0.1, 0.15) is 0 Å². The normalized spacial score (nSPS) is 11.6. The summed E-state index contributed by atoms with van der Waals surface area (Å²) < 4.78 is 42.3. The maximum Gasteiger partial charge on any atom is 0.401 e. The Morgan fingerprint density at radius 1 is 1.18 bits per heavy atom. The lowest BCUT2D eigenvalue weighted by molar-refractivity contribution is -0.124. The van der Waals surface area contributed by atoms with Crippen LogP contribution in [0.4, 0.5) is 13.2 Å². The molecule has 0 radical (unpaired) electrons. The van der Waals surface area contributed by atoms with Gasteiger partial charge in [0, 0.05) is 6.54 Å². The molecule has 0 amide bonds. The molecule has 0 saturated carbocycles. The zero-order chi connectivity index (χ0) is 12.9. The molecule has 17 heavy (non-hydrogen) atoms. The van der Waals surface area contributed by atoms with Crippen LogP contribution in [0.2, 0.25) is 0 Å². The highest BCUT2D eigenvalue weighted by Gasteiger charge is 2.25. The van der Waals surface area contributed by atoms with Crippen molar-refractivity contribution in [2.24, 2.45) is 0 Å². The number of hydrogen-bond acceptors (Lipinski definition) is 2. The second-order valence-electron chi connectivity index (χ2n) is 3.19. The summed E-state index contributed by atoms with van der Waals surface area (Å²) in [6, 6.07) is 5.41. The number of nitrogens with one attached hydrogen (secondary N) is 1. The summed E-state index contributed by atoms with van der Waals surface area (Å²) in [6.45, 7) is -0.710. The van der Waals surface area contributed by atoms with E-state index in [1.54, 1.807) is 12.1 Å². The first-order chi connectivity index (χ1) is 7.90. The van der Waals surface area contributed by atoms with Gasteiger partial charge in [0.05, 0.1) is 15.5 Å². The molecule has 1 rings (SSSR count). The van der Waals surface area contributed by atoms with Crippen molar-refractivity contribution in [3.63, 3.8) is 0 Å². The molecule has 0 fully saturated rings. The fourth-order valence-corrected chi connectivity index (χ4v) is 2.30. The molecular weight excluding hydrogens is 367 g/mol. The van der Waals surface area contributed by atoms with E-state index < -0.39 is 12.7 Å². The second kappa shape index (κ2) is 6.61. The molecule has 0 saturated heterocycles. The Morgan fingerprint density at radius 2 is 1.76 bits per heavy atom. The van der Waals surface area contributed by atoms with Gasteiger partial charge in [-0.2, -0.15) is 13.2 Å². The van der Waals surface area contributed by atoms with E-state index in [0.717, 1.165) is 8.95 Å². The van der Waals surface area contributed by atoms with Crippen LogP contribution in [0.15, 0.2) is 27.1 Å². The van der Waals surface area contributed by atoms with E-state index in [1.165, 1.54) is 0 Å². The van der Waals surface area contributed by atoms with Crippen molar-refractivity contribution in [3.8, 4) is 5.75 Å². The van der Waals surface area contributed by atoms with Crippen molar-refractivity contribution < 1.29 is 17.9 Å². The highest BCUT2D eigenvalue weighted by Crippen LogP contribution is 2.32. The summed E-state index contributed by atoms with van der Waals surface area (Å²) in [5.74, 6) is 0.585. The Labute approximate surface area is 114 Å². The van der Waals surface area contributed by atoms with E-state index in [0.29, 0.717) is 5.75 Å². The Balaban J connectivity index is 2.32. The molecule has 0 aliphatic carbocycles. The predicted molar refractivity (Wildman–Crippen MR) is 66.3 cm³/mol. The van der Waals surface area contributed by atoms with Gasteiger partial charge in [-0.05, 0) is 44.0 Å². The quantitative estimate of drug-likeness (QED) is 0.790. The van der Waals surface area contributed by atoms with Crippen LogP contribution in [0.3, 0.4) is 0 Å². The van der Waals surface area contributed by atoms with Crippen LogP contribution in [0.25, 0.3) is 0 Å². The van der Waals surface area contributed by atoms with Crippen molar-refractivity contribution in [1.82, 2.24) is 5.32 Å². The van der Waals surface area contributed by atoms with Crippen LogP contribution in [0.5, 0.6) is 5.75 Å². The minimum absolute atomic E-state index is 0.132. The molecule has 1 N–H and O–H groups in total. The summed E-state index contributed by atoms with van der Waals surface area (Å²) in [7, 11) is 0. The van der Waals surface area contributed by atoms with Gasteiger partial charge >= 0.3 is 6.18 Å². The van der Waals surface area contributed by atoms with Crippen molar-refractivity contribution >= 4 is 31.9 Å². The van der Waals surface area contributed by atoms with E-state index in [4.69, 9.17) is 4.74 Å². The molecule has 2 nitrogen and oxygen atoms in total. The van der Waals surface area contributed by atoms with Crippen LogP contribution < -0.4 is 10.1 Å². The van der Waals surface area contributed by atoms with E-state index in [1.807, 2.05) is 6.07 Å². The highest BCUT2D eigenvalue weighted by atomic mass is 79.9. The number of halogens is 5. The minimum atomic E-state index is -4.19. The third kappa shape index (κ3) is 5.74. The maximum atomic E-state index is 11.8. The molecule has 0 atom stereocenters. The number of ether oxygens (including phenoxy) is 1. The monoisotopic (exact) mass is 375 g/mol. The molecule has 1 aromatic carbocycles. The molecule has 1 aromatic rings. The van der Waals surface area contributed by atoms with Gasteiger partial charge in [0.15, 0.2) is 0 Å². The van der Waals surface area contributed by atoms with Crippen molar-refractivity contribution in [2.45, 2.75) is 6.18 Å². The van der Waals surface area contributed by atoms with Gasteiger partial charge in [-0.15, -0.1) is 0 Å². The predicted octanol–water partition coefficient (Wildman–Crippen LogP) is 3.74. The Kier molecular flexibility index (Phi) is 5.75. The third-order valence-electron chi connectivity index (χ3n) is 1.77. The van der Waals surface area contributed by atoms with Gasteiger partial charge in [0.25, 0.3) is 0 Å². The first-order valence-electron chi connectivity index (χ1n) is 4.74. The number of alkyl halides is 3. The maximum absolute atomic E-state index is 11.8. The second-order valence-corrected chi connectivity index (χ2v) is 4.90. The van der Waals surface area contributed by atoms with Crippen molar-refractivity contribution in [1.29, 1.82) is 0 Å². The van der Waals surface area contributed by atoms with Crippen molar-refractivity contribution in [3.05, 3.63) is 27.1 Å². The summed E-state index contributed by atoms with van der Waals surface area (Å²) in [6.07, 6.45) is -4.19. The van der Waals surface area contributed by atoms with E-state index in [-0.39, 0.29) is 13.2 Å². The first kappa shape index (κ1) is 14.8. The standard InChI is InChI=1S/C10H10Br2F3NO/c11-7-2-1-3-8(12)9(7)17-5-4-16-6-10(13,14)15/h1-3,16H,4-6H2. The lowest BCUT2D eigenvalue weighted by atomic mass is 10.3. The van der Waals surface area contributed by atoms with E-state index in [2.05, 4.69) is 37.2 Å². The van der Waals surface area contributed by atoms with E-state index >= 15 is 0 Å². The lowest BCUT2D eigenvalue weighted by Gasteiger charge is -2.11. The fraction of sp³-hybridized carbons (Fsp3) is 0.400. The molecule has 96 valence electrons. The van der Waals surface area contributed by atoms with Gasteiger partial charge in [-0.3, -0.25) is 0 Å². The average molecular weight is 377 g/mol. The van der Waals surface area contributed by atoms with Gasteiger partial charge in [0.1, 0.15) is 12.4 Å². The average Bonchev–Trinajstić information content (AvgIpc) is 2.20. The summed E-state index contributed by atoms with van der Waals surface area (Å²) in [5.41, 5.74) is 0. The van der Waals surface area contributed by atoms with Gasteiger partial charge in [-0.1, -0.05) is 6.07 Å². The SMILES string of the molecule is FC(F)(F)CNCCOc1c(Br)cccc1Br. The third-order valence-corrected chi connectivity index (χ3v) is 3.02. The Bertz CT molecular complexity index is 351. The molecule has 0 spiro atoms. The largest absolute Gasteiger partial charge is 0.490 e. The van der Waals surface area contributed by atoms with Crippen LogP contribution in [-0.4, -0.2) is 25.9 Å². The lowest BCUT2D eigenvalue weighted by Crippen LogP contribution is -2.31. The van der Waals surface area contributed by atoms with Gasteiger partial charge in [0.2, 0.25) is 0 Å². The fourth-order valence-electron chi connectivity index (χ4n) is 1.08. The summed E-state index contributed by atoms with van der Waals surface area (Å²) in [4.78, 5) is 0. The smallest absolute Gasteiger partial charge is 0.401 e. The Hall–Kier alpha value is -0.270. The summed E-state index contributed by atoms with van der Waals surface area (Å²) >= 11 is 6.59. The van der Waals surface area contributed by atoms with Crippen LogP contribution in [-0.2, 0) is 0 Å². The molecule has 0 aliphatic rings.